The summed E-state index contributed by atoms with van der Waals surface area (Å²) in [5.41, 5.74) is 2.48. The van der Waals surface area contributed by atoms with E-state index < -0.39 is 0 Å². The van der Waals surface area contributed by atoms with Gasteiger partial charge >= 0.3 is 0 Å². The van der Waals surface area contributed by atoms with Crippen LogP contribution in [0.5, 0.6) is 0 Å². The van der Waals surface area contributed by atoms with Gasteiger partial charge in [-0.05, 0) is 49.2 Å². The number of aliphatic hydroxyl groups is 1. The van der Waals surface area contributed by atoms with E-state index in [1.807, 2.05) is 53.1 Å². The Morgan fingerprint density at radius 2 is 1.88 bits per heavy atom. The first-order valence-corrected chi connectivity index (χ1v) is 8.47. The molecule has 0 aliphatic carbocycles. The summed E-state index contributed by atoms with van der Waals surface area (Å²) in [6.45, 7) is 1.68. The molecular weight excluding hydrogens is 316 g/mol. The third-order valence-electron chi connectivity index (χ3n) is 4.62. The van der Waals surface area contributed by atoms with Gasteiger partial charge in [0.1, 0.15) is 11.5 Å². The van der Waals surface area contributed by atoms with E-state index >= 15 is 0 Å². The maximum absolute atomic E-state index is 12.5. The highest BCUT2D eigenvalue weighted by Gasteiger charge is 2.17. The highest BCUT2D eigenvalue weighted by Crippen LogP contribution is 2.21. The van der Waals surface area contributed by atoms with Crippen molar-refractivity contribution in [2.45, 2.75) is 18.9 Å². The third kappa shape index (κ3) is 3.21. The van der Waals surface area contributed by atoms with Gasteiger partial charge in [0, 0.05) is 30.5 Å². The summed E-state index contributed by atoms with van der Waals surface area (Å²) in [7, 11) is 0. The second-order valence-corrected chi connectivity index (χ2v) is 6.29. The third-order valence-corrected chi connectivity index (χ3v) is 4.62. The standard InChI is InChI=1S/C19H20N4O2/c24-16-8-11-22(12-9-16)15-6-4-14(5-7-15)19(25)21-18-13-20-17-3-1-2-10-23(17)18/h1-7,10,13,16,24H,8-9,11-12H2,(H,21,25). The number of anilines is 2. The Hall–Kier alpha value is -2.86. The Balaban J connectivity index is 1.47. The molecule has 0 bridgehead atoms. The summed E-state index contributed by atoms with van der Waals surface area (Å²) in [4.78, 5) is 19.0. The Labute approximate surface area is 145 Å². The second kappa shape index (κ2) is 6.57. The van der Waals surface area contributed by atoms with E-state index in [0.29, 0.717) is 11.4 Å². The SMILES string of the molecule is O=C(Nc1cnc2ccccn12)c1ccc(N2CCC(O)CC2)cc1. The number of imidazole rings is 1. The van der Waals surface area contributed by atoms with E-state index in [2.05, 4.69) is 15.2 Å². The molecule has 1 aliphatic rings. The molecular formula is C19H20N4O2. The van der Waals surface area contributed by atoms with Crippen molar-refractivity contribution in [2.75, 3.05) is 23.3 Å². The molecule has 1 fully saturated rings. The molecule has 3 heterocycles. The summed E-state index contributed by atoms with van der Waals surface area (Å²) < 4.78 is 1.84. The minimum Gasteiger partial charge on any atom is -0.393 e. The van der Waals surface area contributed by atoms with E-state index in [1.54, 1.807) is 6.20 Å². The lowest BCUT2D eigenvalue weighted by Gasteiger charge is -2.31. The first-order chi connectivity index (χ1) is 12.2. The smallest absolute Gasteiger partial charge is 0.256 e. The number of piperidine rings is 1. The number of amides is 1. The second-order valence-electron chi connectivity index (χ2n) is 6.29. The maximum Gasteiger partial charge on any atom is 0.256 e. The lowest BCUT2D eigenvalue weighted by molar-refractivity contribution is 0.102. The molecule has 1 saturated heterocycles. The lowest BCUT2D eigenvalue weighted by atomic mass is 10.1. The molecule has 1 amide bonds. The first kappa shape index (κ1) is 15.7. The van der Waals surface area contributed by atoms with Gasteiger partial charge in [0.05, 0.1) is 12.3 Å². The average molecular weight is 336 g/mol. The average Bonchev–Trinajstić information content (AvgIpc) is 3.06. The van der Waals surface area contributed by atoms with Crippen molar-refractivity contribution in [1.29, 1.82) is 0 Å². The number of aliphatic hydroxyl groups excluding tert-OH is 1. The van der Waals surface area contributed by atoms with Gasteiger partial charge in [-0.3, -0.25) is 9.20 Å². The summed E-state index contributed by atoms with van der Waals surface area (Å²) in [5, 5.41) is 12.5. The normalized spacial score (nSPS) is 15.5. The minimum atomic E-state index is -0.188. The van der Waals surface area contributed by atoms with Gasteiger partial charge in [-0.2, -0.15) is 0 Å². The molecule has 2 aromatic heterocycles. The largest absolute Gasteiger partial charge is 0.393 e. The fourth-order valence-electron chi connectivity index (χ4n) is 3.16. The number of benzene rings is 1. The molecule has 2 N–H and O–H groups in total. The molecule has 0 spiro atoms. The van der Waals surface area contributed by atoms with Crippen LogP contribution in [0.4, 0.5) is 11.5 Å². The molecule has 6 heteroatoms. The molecule has 128 valence electrons. The zero-order valence-electron chi connectivity index (χ0n) is 13.8. The van der Waals surface area contributed by atoms with Crippen LogP contribution in [0.1, 0.15) is 23.2 Å². The topological polar surface area (TPSA) is 69.9 Å². The summed E-state index contributed by atoms with van der Waals surface area (Å²) >= 11 is 0. The van der Waals surface area contributed by atoms with E-state index in [-0.39, 0.29) is 12.0 Å². The predicted molar refractivity (Wildman–Crippen MR) is 97.0 cm³/mol. The number of rotatable bonds is 3. The van der Waals surface area contributed by atoms with Gasteiger partial charge in [-0.1, -0.05) is 6.07 Å². The molecule has 0 atom stereocenters. The first-order valence-electron chi connectivity index (χ1n) is 8.47. The fraction of sp³-hybridized carbons (Fsp3) is 0.263. The van der Waals surface area contributed by atoms with E-state index in [1.165, 1.54) is 0 Å². The Bertz CT molecular complexity index is 880. The van der Waals surface area contributed by atoms with Crippen LogP contribution in [0.15, 0.2) is 54.9 Å². The Morgan fingerprint density at radius 1 is 1.12 bits per heavy atom. The van der Waals surface area contributed by atoms with Gasteiger partial charge in [0.15, 0.2) is 0 Å². The Kier molecular flexibility index (Phi) is 4.11. The number of hydrogen-bond acceptors (Lipinski definition) is 4. The number of fused-ring (bicyclic) bond motifs is 1. The molecule has 1 aromatic carbocycles. The molecule has 6 nitrogen and oxygen atoms in total. The minimum absolute atomic E-state index is 0.161. The number of hydrogen-bond donors (Lipinski definition) is 2. The van der Waals surface area contributed by atoms with Crippen molar-refractivity contribution in [3.8, 4) is 0 Å². The van der Waals surface area contributed by atoms with Crippen molar-refractivity contribution < 1.29 is 9.90 Å². The van der Waals surface area contributed by atoms with Gasteiger partial charge in [0.25, 0.3) is 5.91 Å². The van der Waals surface area contributed by atoms with Crippen LogP contribution in [0, 0.1) is 0 Å². The highest BCUT2D eigenvalue weighted by atomic mass is 16.3. The summed E-state index contributed by atoms with van der Waals surface area (Å²) in [5.74, 6) is 0.487. The van der Waals surface area contributed by atoms with Crippen LogP contribution < -0.4 is 10.2 Å². The summed E-state index contributed by atoms with van der Waals surface area (Å²) in [6, 6.07) is 13.3. The quantitative estimate of drug-likeness (QED) is 0.771. The number of pyridine rings is 1. The molecule has 3 aromatic rings. The van der Waals surface area contributed by atoms with Crippen LogP contribution in [-0.4, -0.2) is 39.6 Å². The molecule has 0 radical (unpaired) electrons. The molecule has 0 saturated carbocycles. The number of carbonyl (C=O) groups is 1. The van der Waals surface area contributed by atoms with Crippen LogP contribution in [0.3, 0.4) is 0 Å². The Morgan fingerprint density at radius 3 is 2.64 bits per heavy atom. The fourth-order valence-corrected chi connectivity index (χ4v) is 3.16. The van der Waals surface area contributed by atoms with E-state index in [4.69, 9.17) is 0 Å². The van der Waals surface area contributed by atoms with Gasteiger partial charge < -0.3 is 15.3 Å². The molecule has 0 unspecified atom stereocenters. The van der Waals surface area contributed by atoms with Crippen molar-refractivity contribution in [2.24, 2.45) is 0 Å². The lowest BCUT2D eigenvalue weighted by Crippen LogP contribution is -2.35. The van der Waals surface area contributed by atoms with Gasteiger partial charge in [-0.25, -0.2) is 4.98 Å². The van der Waals surface area contributed by atoms with Crippen LogP contribution in [-0.2, 0) is 0 Å². The predicted octanol–water partition coefficient (Wildman–Crippen LogP) is 2.55. The van der Waals surface area contributed by atoms with Crippen LogP contribution >= 0.6 is 0 Å². The van der Waals surface area contributed by atoms with Crippen LogP contribution in [0.2, 0.25) is 0 Å². The van der Waals surface area contributed by atoms with E-state index in [9.17, 15) is 9.90 Å². The van der Waals surface area contributed by atoms with Crippen molar-refractivity contribution >= 4 is 23.1 Å². The highest BCUT2D eigenvalue weighted by molar-refractivity contribution is 6.04. The number of carbonyl (C=O) groups excluding carboxylic acids is 1. The van der Waals surface area contributed by atoms with Gasteiger partial charge in [0.2, 0.25) is 0 Å². The zero-order valence-corrected chi connectivity index (χ0v) is 13.8. The zero-order chi connectivity index (χ0) is 17.2. The number of aromatic nitrogens is 2. The van der Waals surface area contributed by atoms with Crippen molar-refractivity contribution in [3.63, 3.8) is 0 Å². The maximum atomic E-state index is 12.5. The summed E-state index contributed by atoms with van der Waals surface area (Å²) in [6.07, 6.45) is 4.91. The van der Waals surface area contributed by atoms with E-state index in [0.717, 1.165) is 37.3 Å². The van der Waals surface area contributed by atoms with Crippen molar-refractivity contribution in [1.82, 2.24) is 9.38 Å². The number of nitrogens with one attached hydrogen (secondary N) is 1. The van der Waals surface area contributed by atoms with Crippen LogP contribution in [0.25, 0.3) is 5.65 Å². The van der Waals surface area contributed by atoms with Crippen molar-refractivity contribution in [3.05, 3.63) is 60.4 Å². The number of nitrogens with zero attached hydrogens (tertiary/aromatic N) is 3. The molecule has 4 rings (SSSR count). The van der Waals surface area contributed by atoms with Gasteiger partial charge in [-0.15, -0.1) is 0 Å². The molecule has 1 aliphatic heterocycles. The molecule has 25 heavy (non-hydrogen) atoms. The monoisotopic (exact) mass is 336 g/mol.